The summed E-state index contributed by atoms with van der Waals surface area (Å²) < 4.78 is 33.2. The van der Waals surface area contributed by atoms with Gasteiger partial charge in [-0.15, -0.1) is 0 Å². The number of unbranched alkanes of at least 4 members (excludes halogenated alkanes) is 6. The molecule has 0 rings (SSSR count). The number of hydrogen-bond acceptors (Lipinski definition) is 7. The molecule has 0 aliphatic rings. The topological polar surface area (TPSA) is 117 Å². The lowest BCUT2D eigenvalue weighted by Crippen LogP contribution is -2.28. The fourth-order valence-electron chi connectivity index (χ4n) is 4.23. The van der Waals surface area contributed by atoms with Crippen molar-refractivity contribution in [2.24, 2.45) is 5.73 Å². The van der Waals surface area contributed by atoms with Crippen LogP contribution in [0.25, 0.3) is 0 Å². The van der Waals surface area contributed by atoms with Gasteiger partial charge >= 0.3 is 13.8 Å². The summed E-state index contributed by atoms with van der Waals surface area (Å²) in [7, 11) is -4.29. The molecule has 0 aliphatic heterocycles. The summed E-state index contributed by atoms with van der Waals surface area (Å²) in [6.45, 7) is 4.53. The van der Waals surface area contributed by atoms with E-state index in [-0.39, 0.29) is 38.8 Å². The molecule has 2 atom stereocenters. The number of allylic oxidation sites excluding steroid dienone is 14. The zero-order valence-electron chi connectivity index (χ0n) is 29.9. The van der Waals surface area contributed by atoms with Crippen molar-refractivity contribution >= 4 is 13.8 Å². The molecule has 0 amide bonds. The number of carbonyl (C=O) groups is 1. The zero-order valence-corrected chi connectivity index (χ0v) is 30.8. The van der Waals surface area contributed by atoms with E-state index in [4.69, 9.17) is 24.3 Å². The molecule has 0 aliphatic carbocycles. The van der Waals surface area contributed by atoms with Gasteiger partial charge in [0.15, 0.2) is 0 Å². The summed E-state index contributed by atoms with van der Waals surface area (Å²) in [6, 6.07) is 0. The van der Waals surface area contributed by atoms with E-state index in [2.05, 4.69) is 98.9 Å². The van der Waals surface area contributed by atoms with E-state index < -0.39 is 13.9 Å². The van der Waals surface area contributed by atoms with E-state index in [9.17, 15) is 14.3 Å². The number of phosphoric ester groups is 1. The molecule has 0 heterocycles. The fraction of sp³-hybridized carbons (Fsp3) is 0.615. The molecule has 2 unspecified atom stereocenters. The number of phosphoric acid groups is 1. The van der Waals surface area contributed by atoms with Crippen molar-refractivity contribution in [2.45, 2.75) is 123 Å². The van der Waals surface area contributed by atoms with Crippen LogP contribution in [0.4, 0.5) is 0 Å². The molecule has 3 N–H and O–H groups in total. The van der Waals surface area contributed by atoms with Crippen LogP contribution in [0.2, 0.25) is 0 Å². The summed E-state index contributed by atoms with van der Waals surface area (Å²) in [4.78, 5) is 22.3. The van der Waals surface area contributed by atoms with Gasteiger partial charge < -0.3 is 20.1 Å². The van der Waals surface area contributed by atoms with Gasteiger partial charge in [0.2, 0.25) is 0 Å². The van der Waals surface area contributed by atoms with Gasteiger partial charge in [-0.1, -0.05) is 112 Å². The van der Waals surface area contributed by atoms with E-state index in [1.54, 1.807) is 0 Å². The molecule has 0 aromatic heterocycles. The Morgan fingerprint density at radius 3 is 1.62 bits per heavy atom. The standard InChI is InChI=1S/C39H66NO7P/c1-3-5-7-9-11-13-15-17-19-20-22-24-26-28-30-32-39(41)47-38(37-46-48(42,43)45-35-33-40)36-44-34-31-29-27-25-23-21-18-16-14-12-10-8-6-4-2/h5-8,11-14,17-19,21-22,24,38H,3-4,9-10,15-16,20,23,25-37,40H2,1-2H3,(H,42,43)/b7-5-,8-6-,13-11-,14-12-,19-17-,21-18-,24-22-. The van der Waals surface area contributed by atoms with Crippen LogP contribution in [0, 0.1) is 0 Å². The summed E-state index contributed by atoms with van der Waals surface area (Å²) >= 11 is 0. The average Bonchev–Trinajstić information content (AvgIpc) is 3.07. The predicted octanol–water partition coefficient (Wildman–Crippen LogP) is 10.2. The number of nitrogens with two attached hydrogens (primary N) is 1. The Balaban J connectivity index is 4.27. The lowest BCUT2D eigenvalue weighted by atomic mass is 10.1. The van der Waals surface area contributed by atoms with Gasteiger partial charge in [-0.05, 0) is 83.5 Å². The van der Waals surface area contributed by atoms with Crippen molar-refractivity contribution in [3.05, 3.63) is 85.1 Å². The first kappa shape index (κ1) is 45.7. The summed E-state index contributed by atoms with van der Waals surface area (Å²) in [6.07, 6.45) is 44.6. The SMILES string of the molecule is CC/C=C\C/C=C\C/C=C\C/C=C\CCCCC(=O)OC(COCCCCCC/C=C\C/C=C\C/C=C\CC)COP(=O)(O)OCCN. The van der Waals surface area contributed by atoms with Gasteiger partial charge in [0, 0.05) is 19.6 Å². The van der Waals surface area contributed by atoms with Crippen molar-refractivity contribution in [2.75, 3.05) is 33.0 Å². The van der Waals surface area contributed by atoms with Gasteiger partial charge in [0.05, 0.1) is 19.8 Å². The van der Waals surface area contributed by atoms with Gasteiger partial charge in [0.1, 0.15) is 6.10 Å². The number of esters is 1. The smallest absolute Gasteiger partial charge is 0.457 e. The molecular weight excluding hydrogens is 625 g/mol. The van der Waals surface area contributed by atoms with Crippen LogP contribution >= 0.6 is 7.82 Å². The monoisotopic (exact) mass is 691 g/mol. The van der Waals surface area contributed by atoms with Gasteiger partial charge in [0.25, 0.3) is 0 Å². The lowest BCUT2D eigenvalue weighted by Gasteiger charge is -2.20. The molecule has 0 saturated heterocycles. The van der Waals surface area contributed by atoms with E-state index in [1.807, 2.05) is 0 Å². The first-order valence-corrected chi connectivity index (χ1v) is 19.6. The number of ether oxygens (including phenoxy) is 2. The summed E-state index contributed by atoms with van der Waals surface area (Å²) in [5.74, 6) is -0.384. The largest absolute Gasteiger partial charge is 0.472 e. The Hall–Kier alpha value is -2.32. The predicted molar refractivity (Wildman–Crippen MR) is 201 cm³/mol. The van der Waals surface area contributed by atoms with Crippen molar-refractivity contribution in [1.82, 2.24) is 0 Å². The second kappa shape index (κ2) is 36.0. The van der Waals surface area contributed by atoms with E-state index in [0.717, 1.165) is 89.9 Å². The summed E-state index contributed by atoms with van der Waals surface area (Å²) in [5, 5.41) is 0. The van der Waals surface area contributed by atoms with Crippen molar-refractivity contribution < 1.29 is 32.8 Å². The third-order valence-electron chi connectivity index (χ3n) is 6.81. The minimum absolute atomic E-state index is 0.0784. The first-order chi connectivity index (χ1) is 23.4. The normalized spacial score (nSPS) is 14.7. The first-order valence-electron chi connectivity index (χ1n) is 18.1. The van der Waals surface area contributed by atoms with Crippen molar-refractivity contribution in [3.63, 3.8) is 0 Å². The number of hydrogen-bond donors (Lipinski definition) is 2. The Kier molecular flexibility index (Phi) is 34.2. The molecule has 8 nitrogen and oxygen atoms in total. The molecule has 9 heteroatoms. The van der Waals surface area contributed by atoms with Gasteiger partial charge in [-0.3, -0.25) is 13.8 Å². The highest BCUT2D eigenvalue weighted by atomic mass is 31.2. The van der Waals surface area contributed by atoms with Crippen molar-refractivity contribution in [3.8, 4) is 0 Å². The third-order valence-corrected chi connectivity index (χ3v) is 7.79. The van der Waals surface area contributed by atoms with E-state index in [1.165, 1.54) is 0 Å². The molecule has 0 aromatic carbocycles. The van der Waals surface area contributed by atoms with E-state index >= 15 is 0 Å². The molecular formula is C39H66NO7P. The number of carbonyl (C=O) groups excluding carboxylic acids is 1. The highest BCUT2D eigenvalue weighted by molar-refractivity contribution is 7.47. The highest BCUT2D eigenvalue weighted by Crippen LogP contribution is 2.43. The molecule has 0 fully saturated rings. The molecule has 274 valence electrons. The Morgan fingerprint density at radius 1 is 0.625 bits per heavy atom. The third kappa shape index (κ3) is 35.0. The number of rotatable bonds is 33. The molecule has 48 heavy (non-hydrogen) atoms. The molecule has 0 aromatic rings. The van der Waals surface area contributed by atoms with Crippen LogP contribution in [0.15, 0.2) is 85.1 Å². The lowest BCUT2D eigenvalue weighted by molar-refractivity contribution is -0.154. The van der Waals surface area contributed by atoms with Crippen LogP contribution in [0.1, 0.15) is 117 Å². The minimum atomic E-state index is -4.29. The minimum Gasteiger partial charge on any atom is -0.457 e. The highest BCUT2D eigenvalue weighted by Gasteiger charge is 2.25. The quantitative estimate of drug-likeness (QED) is 0.0302. The van der Waals surface area contributed by atoms with Crippen LogP contribution < -0.4 is 5.73 Å². The van der Waals surface area contributed by atoms with Crippen molar-refractivity contribution in [1.29, 1.82) is 0 Å². The van der Waals surface area contributed by atoms with Crippen LogP contribution in [-0.2, 0) is 27.9 Å². The maximum absolute atomic E-state index is 12.5. The van der Waals surface area contributed by atoms with Gasteiger partial charge in [-0.25, -0.2) is 4.57 Å². The maximum atomic E-state index is 12.5. The maximum Gasteiger partial charge on any atom is 0.472 e. The van der Waals surface area contributed by atoms with Crippen LogP contribution in [0.5, 0.6) is 0 Å². The Morgan fingerprint density at radius 2 is 1.10 bits per heavy atom. The second-order valence-electron chi connectivity index (χ2n) is 11.3. The van der Waals surface area contributed by atoms with E-state index in [0.29, 0.717) is 13.0 Å². The fourth-order valence-corrected chi connectivity index (χ4v) is 5.00. The Bertz CT molecular complexity index is 1000. The summed E-state index contributed by atoms with van der Waals surface area (Å²) in [5.41, 5.74) is 5.34. The Labute approximate surface area is 292 Å². The van der Waals surface area contributed by atoms with Crippen LogP contribution in [0.3, 0.4) is 0 Å². The van der Waals surface area contributed by atoms with Gasteiger partial charge in [-0.2, -0.15) is 0 Å². The molecule has 0 bridgehead atoms. The average molecular weight is 692 g/mol. The zero-order chi connectivity index (χ0) is 35.2. The molecule has 0 saturated carbocycles. The van der Waals surface area contributed by atoms with Crippen LogP contribution in [-0.4, -0.2) is 49.9 Å². The molecule has 0 spiro atoms. The second-order valence-corrected chi connectivity index (χ2v) is 12.8. The molecule has 0 radical (unpaired) electrons.